The summed E-state index contributed by atoms with van der Waals surface area (Å²) in [5, 5.41) is 3.95. The highest BCUT2D eigenvalue weighted by molar-refractivity contribution is 5.05. The molecule has 2 unspecified atom stereocenters. The predicted molar refractivity (Wildman–Crippen MR) is 68.9 cm³/mol. The number of nitrogens with zero attached hydrogens (tertiary/aromatic N) is 3. The van der Waals surface area contributed by atoms with E-state index in [1.165, 1.54) is 25.9 Å². The van der Waals surface area contributed by atoms with E-state index in [-0.39, 0.29) is 0 Å². The summed E-state index contributed by atoms with van der Waals surface area (Å²) < 4.78 is 5.33. The number of rotatable bonds is 3. The maximum Gasteiger partial charge on any atom is 0.151 e. The maximum atomic E-state index is 5.55. The molecule has 1 aromatic heterocycles. The molecule has 3 rings (SSSR count). The van der Waals surface area contributed by atoms with Crippen LogP contribution in [-0.4, -0.2) is 46.7 Å². The first kappa shape index (κ1) is 12.1. The molecule has 1 aromatic rings. The Hall–Kier alpha value is -0.910. The summed E-state index contributed by atoms with van der Waals surface area (Å²) in [6, 6.07) is 3.32. The zero-order valence-corrected chi connectivity index (χ0v) is 11.0. The quantitative estimate of drug-likeness (QED) is 0.860. The summed E-state index contributed by atoms with van der Waals surface area (Å²) >= 11 is 0. The average molecular weight is 250 g/mol. The first-order valence-corrected chi connectivity index (χ1v) is 6.89. The van der Waals surface area contributed by atoms with Gasteiger partial charge >= 0.3 is 0 Å². The van der Waals surface area contributed by atoms with Crippen molar-refractivity contribution in [1.29, 1.82) is 0 Å². The van der Waals surface area contributed by atoms with E-state index < -0.39 is 0 Å². The van der Waals surface area contributed by atoms with Gasteiger partial charge < -0.3 is 10.3 Å². The van der Waals surface area contributed by atoms with Crippen LogP contribution in [0, 0.1) is 0 Å². The molecule has 2 fully saturated rings. The topological polar surface area (TPSA) is 58.5 Å². The van der Waals surface area contributed by atoms with Gasteiger partial charge in [0.2, 0.25) is 0 Å². The lowest BCUT2D eigenvalue weighted by atomic mass is 10.1. The normalized spacial score (nSPS) is 29.7. The van der Waals surface area contributed by atoms with E-state index in [2.05, 4.69) is 21.9 Å². The Bertz CT molecular complexity index is 405. The molecule has 0 aliphatic carbocycles. The molecular formula is C13H22N4O. The summed E-state index contributed by atoms with van der Waals surface area (Å²) in [7, 11) is 0. The minimum absolute atomic E-state index is 0.454. The molecule has 5 heteroatoms. The maximum absolute atomic E-state index is 5.55. The zero-order chi connectivity index (χ0) is 12.5. The van der Waals surface area contributed by atoms with Crippen LogP contribution in [0.4, 0.5) is 0 Å². The Morgan fingerprint density at radius 2 is 2.39 bits per heavy atom. The molecule has 3 heterocycles. The third kappa shape index (κ3) is 2.30. The number of aromatic nitrogens is 1. The zero-order valence-electron chi connectivity index (χ0n) is 11.0. The molecule has 100 valence electrons. The third-order valence-electron chi connectivity index (χ3n) is 4.24. The Kier molecular flexibility index (Phi) is 3.37. The van der Waals surface area contributed by atoms with Crippen molar-refractivity contribution in [2.75, 3.05) is 19.6 Å². The summed E-state index contributed by atoms with van der Waals surface area (Å²) in [4.78, 5) is 5.14. The van der Waals surface area contributed by atoms with Crippen molar-refractivity contribution < 1.29 is 4.52 Å². The Morgan fingerprint density at radius 1 is 1.50 bits per heavy atom. The average Bonchev–Trinajstić information content (AvgIpc) is 2.98. The van der Waals surface area contributed by atoms with Crippen molar-refractivity contribution in [3.8, 4) is 0 Å². The SMILES string of the molecule is CC1CN2CCCC2CN1Cc1cc(CN)no1. The summed E-state index contributed by atoms with van der Waals surface area (Å²) in [5.74, 6) is 0.939. The molecule has 5 nitrogen and oxygen atoms in total. The van der Waals surface area contributed by atoms with Crippen LogP contribution in [0.25, 0.3) is 0 Å². The minimum atomic E-state index is 0.454. The second-order valence-electron chi connectivity index (χ2n) is 5.56. The van der Waals surface area contributed by atoms with Crippen LogP contribution in [0.3, 0.4) is 0 Å². The van der Waals surface area contributed by atoms with Gasteiger partial charge in [0.15, 0.2) is 5.76 Å². The lowest BCUT2D eigenvalue weighted by Gasteiger charge is -2.41. The van der Waals surface area contributed by atoms with Crippen LogP contribution in [0.1, 0.15) is 31.2 Å². The van der Waals surface area contributed by atoms with E-state index in [1.807, 2.05) is 6.07 Å². The highest BCUT2D eigenvalue weighted by Gasteiger charge is 2.34. The van der Waals surface area contributed by atoms with Gasteiger partial charge in [-0.1, -0.05) is 5.16 Å². The van der Waals surface area contributed by atoms with E-state index >= 15 is 0 Å². The molecule has 2 N–H and O–H groups in total. The number of hydrogen-bond acceptors (Lipinski definition) is 5. The van der Waals surface area contributed by atoms with Crippen LogP contribution >= 0.6 is 0 Å². The van der Waals surface area contributed by atoms with Gasteiger partial charge in [0.1, 0.15) is 0 Å². The largest absolute Gasteiger partial charge is 0.360 e. The van der Waals surface area contributed by atoms with Crippen molar-refractivity contribution >= 4 is 0 Å². The predicted octanol–water partition coefficient (Wildman–Crippen LogP) is 0.802. The smallest absolute Gasteiger partial charge is 0.151 e. The number of fused-ring (bicyclic) bond motifs is 1. The molecule has 2 aliphatic heterocycles. The van der Waals surface area contributed by atoms with E-state index in [9.17, 15) is 0 Å². The molecule has 18 heavy (non-hydrogen) atoms. The molecule has 0 bridgehead atoms. The number of piperazine rings is 1. The first-order valence-electron chi connectivity index (χ1n) is 6.89. The molecule has 2 aliphatic rings. The van der Waals surface area contributed by atoms with Crippen LogP contribution in [0.5, 0.6) is 0 Å². The van der Waals surface area contributed by atoms with Gasteiger partial charge in [0, 0.05) is 37.8 Å². The van der Waals surface area contributed by atoms with E-state index in [4.69, 9.17) is 10.3 Å². The Balaban J connectivity index is 1.64. The van der Waals surface area contributed by atoms with Crippen LogP contribution in [0.2, 0.25) is 0 Å². The molecule has 0 saturated carbocycles. The van der Waals surface area contributed by atoms with Gasteiger partial charge in [-0.2, -0.15) is 0 Å². The van der Waals surface area contributed by atoms with Gasteiger partial charge in [-0.05, 0) is 26.3 Å². The number of nitrogens with two attached hydrogens (primary N) is 1. The fourth-order valence-corrected chi connectivity index (χ4v) is 3.19. The Morgan fingerprint density at radius 3 is 3.17 bits per heavy atom. The van der Waals surface area contributed by atoms with E-state index in [1.54, 1.807) is 0 Å². The van der Waals surface area contributed by atoms with Crippen molar-refractivity contribution in [3.63, 3.8) is 0 Å². The molecule has 2 atom stereocenters. The van der Waals surface area contributed by atoms with E-state index in [0.717, 1.165) is 30.6 Å². The molecule has 0 radical (unpaired) electrons. The highest BCUT2D eigenvalue weighted by Crippen LogP contribution is 2.25. The molecule has 0 amide bonds. The fourth-order valence-electron chi connectivity index (χ4n) is 3.19. The second kappa shape index (κ2) is 4.99. The molecular weight excluding hydrogens is 228 g/mol. The second-order valence-corrected chi connectivity index (χ2v) is 5.56. The summed E-state index contributed by atoms with van der Waals surface area (Å²) in [6.07, 6.45) is 2.69. The molecule has 0 aromatic carbocycles. The lowest BCUT2D eigenvalue weighted by Crippen LogP contribution is -2.54. The van der Waals surface area contributed by atoms with Gasteiger partial charge in [0.05, 0.1) is 12.2 Å². The third-order valence-corrected chi connectivity index (χ3v) is 4.24. The summed E-state index contributed by atoms with van der Waals surface area (Å²) in [5.41, 5.74) is 6.40. The van der Waals surface area contributed by atoms with Gasteiger partial charge in [-0.25, -0.2) is 0 Å². The first-order chi connectivity index (χ1) is 8.76. The van der Waals surface area contributed by atoms with Crippen molar-refractivity contribution in [2.24, 2.45) is 5.73 Å². The molecule has 0 spiro atoms. The van der Waals surface area contributed by atoms with Gasteiger partial charge in [0.25, 0.3) is 0 Å². The molecule has 2 saturated heterocycles. The lowest BCUT2D eigenvalue weighted by molar-refractivity contribution is 0.0480. The Labute approximate surface area is 108 Å². The summed E-state index contributed by atoms with van der Waals surface area (Å²) in [6.45, 7) is 7.23. The van der Waals surface area contributed by atoms with Crippen molar-refractivity contribution in [3.05, 3.63) is 17.5 Å². The number of hydrogen-bond donors (Lipinski definition) is 1. The monoisotopic (exact) mass is 250 g/mol. The highest BCUT2D eigenvalue weighted by atomic mass is 16.5. The van der Waals surface area contributed by atoms with E-state index in [0.29, 0.717) is 12.6 Å². The van der Waals surface area contributed by atoms with Crippen molar-refractivity contribution in [2.45, 2.75) is 44.9 Å². The fraction of sp³-hybridized carbons (Fsp3) is 0.769. The van der Waals surface area contributed by atoms with Crippen LogP contribution in [-0.2, 0) is 13.1 Å². The minimum Gasteiger partial charge on any atom is -0.360 e. The van der Waals surface area contributed by atoms with Gasteiger partial charge in [-0.3, -0.25) is 9.80 Å². The van der Waals surface area contributed by atoms with Crippen LogP contribution in [0.15, 0.2) is 10.6 Å². The standard InChI is InChI=1S/C13H22N4O/c1-10-7-16-4-2-3-12(16)8-17(10)9-13-5-11(6-14)15-18-13/h5,10,12H,2-4,6-9,14H2,1H3. The van der Waals surface area contributed by atoms with Crippen LogP contribution < -0.4 is 5.73 Å². The van der Waals surface area contributed by atoms with Gasteiger partial charge in [-0.15, -0.1) is 0 Å². The van der Waals surface area contributed by atoms with Crippen molar-refractivity contribution in [1.82, 2.24) is 15.0 Å².